The van der Waals surface area contributed by atoms with Crippen LogP contribution in [0.2, 0.25) is 0 Å². The number of hydrogen-bond acceptors (Lipinski definition) is 3. The average molecular weight is 164 g/mol. The SMILES string of the molecule is C1=NC(c2ccccc2)NS1. The molecule has 0 bridgehead atoms. The van der Waals surface area contributed by atoms with Crippen LogP contribution >= 0.6 is 11.9 Å². The molecule has 0 aromatic heterocycles. The van der Waals surface area contributed by atoms with E-state index in [4.69, 9.17) is 0 Å². The Hall–Kier alpha value is -0.800. The number of hydrogen-bond donors (Lipinski definition) is 1. The minimum absolute atomic E-state index is 0.154. The Morgan fingerprint density at radius 1 is 1.27 bits per heavy atom. The number of rotatable bonds is 1. The van der Waals surface area contributed by atoms with E-state index in [1.807, 2.05) is 23.7 Å². The lowest BCUT2D eigenvalue weighted by molar-refractivity contribution is 0.737. The largest absolute Gasteiger partial charge is 0.260 e. The summed E-state index contributed by atoms with van der Waals surface area (Å²) in [5.41, 5.74) is 3.05. The van der Waals surface area contributed by atoms with Crippen molar-refractivity contribution in [3.05, 3.63) is 35.9 Å². The zero-order valence-corrected chi connectivity index (χ0v) is 6.71. The molecule has 0 saturated carbocycles. The Morgan fingerprint density at radius 2 is 2.09 bits per heavy atom. The van der Waals surface area contributed by atoms with E-state index < -0.39 is 0 Å². The minimum Gasteiger partial charge on any atom is -0.260 e. The first-order valence-corrected chi connectivity index (χ1v) is 4.32. The van der Waals surface area contributed by atoms with Crippen LogP contribution in [0.25, 0.3) is 0 Å². The van der Waals surface area contributed by atoms with Gasteiger partial charge in [0.25, 0.3) is 0 Å². The van der Waals surface area contributed by atoms with Crippen molar-refractivity contribution in [2.45, 2.75) is 6.17 Å². The monoisotopic (exact) mass is 164 g/mol. The fourth-order valence-corrected chi connectivity index (χ4v) is 1.58. The van der Waals surface area contributed by atoms with Crippen LogP contribution in [0.3, 0.4) is 0 Å². The van der Waals surface area contributed by atoms with Gasteiger partial charge in [-0.15, -0.1) is 0 Å². The fourth-order valence-electron chi connectivity index (χ4n) is 1.01. The molecule has 0 radical (unpaired) electrons. The van der Waals surface area contributed by atoms with E-state index >= 15 is 0 Å². The zero-order valence-electron chi connectivity index (χ0n) is 5.90. The molecule has 1 aliphatic heterocycles. The molecule has 2 nitrogen and oxygen atoms in total. The summed E-state index contributed by atoms with van der Waals surface area (Å²) in [4.78, 5) is 4.23. The Labute approximate surface area is 69.9 Å². The van der Waals surface area contributed by atoms with Crippen molar-refractivity contribution in [3.8, 4) is 0 Å². The van der Waals surface area contributed by atoms with E-state index in [0.717, 1.165) is 0 Å². The molecule has 1 N–H and O–H groups in total. The zero-order chi connectivity index (χ0) is 7.52. The molecular formula is C8H8N2S. The van der Waals surface area contributed by atoms with Crippen LogP contribution in [-0.2, 0) is 0 Å². The van der Waals surface area contributed by atoms with Gasteiger partial charge in [0.15, 0.2) is 0 Å². The summed E-state index contributed by atoms with van der Waals surface area (Å²) in [6.45, 7) is 0. The molecule has 3 heteroatoms. The van der Waals surface area contributed by atoms with Crippen LogP contribution in [0, 0.1) is 0 Å². The number of aliphatic imine (C=N–C) groups is 1. The highest BCUT2D eigenvalue weighted by atomic mass is 32.2. The summed E-state index contributed by atoms with van der Waals surface area (Å²) in [5.74, 6) is 0. The van der Waals surface area contributed by atoms with Gasteiger partial charge >= 0.3 is 0 Å². The summed E-state index contributed by atoms with van der Waals surface area (Å²) >= 11 is 1.54. The molecule has 0 aliphatic carbocycles. The second-order valence-electron chi connectivity index (χ2n) is 2.30. The van der Waals surface area contributed by atoms with Crippen molar-refractivity contribution in [2.24, 2.45) is 4.99 Å². The lowest BCUT2D eigenvalue weighted by Gasteiger charge is -2.05. The first-order valence-electron chi connectivity index (χ1n) is 3.44. The van der Waals surface area contributed by atoms with Gasteiger partial charge in [-0.05, 0) is 17.5 Å². The fraction of sp³-hybridized carbons (Fsp3) is 0.125. The van der Waals surface area contributed by atoms with Crippen molar-refractivity contribution >= 4 is 17.5 Å². The third kappa shape index (κ3) is 1.44. The quantitative estimate of drug-likeness (QED) is 0.642. The van der Waals surface area contributed by atoms with Gasteiger partial charge in [0.1, 0.15) is 6.17 Å². The van der Waals surface area contributed by atoms with E-state index in [-0.39, 0.29) is 6.17 Å². The van der Waals surface area contributed by atoms with Gasteiger partial charge in [0.05, 0.1) is 5.55 Å². The van der Waals surface area contributed by atoms with Gasteiger partial charge in [0, 0.05) is 0 Å². The summed E-state index contributed by atoms with van der Waals surface area (Å²) < 4.78 is 3.17. The van der Waals surface area contributed by atoms with E-state index in [1.165, 1.54) is 17.5 Å². The topological polar surface area (TPSA) is 24.4 Å². The molecule has 0 saturated heterocycles. The molecule has 1 atom stereocenters. The van der Waals surface area contributed by atoms with Crippen LogP contribution in [0.15, 0.2) is 35.3 Å². The van der Waals surface area contributed by atoms with Gasteiger partial charge in [-0.3, -0.25) is 4.99 Å². The Kier molecular flexibility index (Phi) is 1.92. The standard InChI is InChI=1S/C8H8N2S/c1-2-4-7(5-3-1)8-9-6-11-10-8/h1-6,8,10H. The van der Waals surface area contributed by atoms with Gasteiger partial charge in [-0.2, -0.15) is 0 Å². The number of benzene rings is 1. The van der Waals surface area contributed by atoms with E-state index in [0.29, 0.717) is 0 Å². The second kappa shape index (κ2) is 3.07. The second-order valence-corrected chi connectivity index (χ2v) is 2.99. The maximum Gasteiger partial charge on any atom is 0.135 e. The van der Waals surface area contributed by atoms with Crippen LogP contribution < -0.4 is 4.72 Å². The molecule has 1 unspecified atom stereocenters. The summed E-state index contributed by atoms with van der Waals surface area (Å²) in [7, 11) is 0. The minimum atomic E-state index is 0.154. The molecule has 0 spiro atoms. The molecule has 2 rings (SSSR count). The molecule has 1 heterocycles. The molecule has 56 valence electrons. The van der Waals surface area contributed by atoms with Crippen molar-refractivity contribution < 1.29 is 0 Å². The predicted octanol–water partition coefficient (Wildman–Crippen LogP) is 1.96. The Balaban J connectivity index is 2.23. The smallest absolute Gasteiger partial charge is 0.135 e. The molecule has 1 aliphatic rings. The van der Waals surface area contributed by atoms with Crippen molar-refractivity contribution in [3.63, 3.8) is 0 Å². The number of nitrogens with zero attached hydrogens (tertiary/aromatic N) is 1. The van der Waals surface area contributed by atoms with Gasteiger partial charge < -0.3 is 0 Å². The lowest BCUT2D eigenvalue weighted by Crippen LogP contribution is -2.05. The number of nitrogens with one attached hydrogen (secondary N) is 1. The third-order valence-electron chi connectivity index (χ3n) is 1.56. The molecule has 0 amide bonds. The highest BCUT2D eigenvalue weighted by Gasteiger charge is 2.10. The first-order chi connectivity index (χ1) is 5.47. The molecular weight excluding hydrogens is 156 g/mol. The summed E-state index contributed by atoms with van der Waals surface area (Å²) in [5, 5.41) is 0. The van der Waals surface area contributed by atoms with Gasteiger partial charge in [-0.25, -0.2) is 4.72 Å². The van der Waals surface area contributed by atoms with Crippen molar-refractivity contribution in [1.29, 1.82) is 0 Å². The van der Waals surface area contributed by atoms with E-state index in [2.05, 4.69) is 21.8 Å². The lowest BCUT2D eigenvalue weighted by atomic mass is 10.2. The van der Waals surface area contributed by atoms with Gasteiger partial charge in [0.2, 0.25) is 0 Å². The third-order valence-corrected chi connectivity index (χ3v) is 2.14. The predicted molar refractivity (Wildman–Crippen MR) is 48.4 cm³/mol. The van der Waals surface area contributed by atoms with Crippen LogP contribution in [0.1, 0.15) is 11.7 Å². The summed E-state index contributed by atoms with van der Waals surface area (Å²) in [6.07, 6.45) is 0.154. The molecule has 0 fully saturated rings. The van der Waals surface area contributed by atoms with Gasteiger partial charge in [-0.1, -0.05) is 30.3 Å². The van der Waals surface area contributed by atoms with Crippen LogP contribution in [0.4, 0.5) is 0 Å². The van der Waals surface area contributed by atoms with E-state index in [1.54, 1.807) is 0 Å². The Bertz CT molecular complexity index is 258. The van der Waals surface area contributed by atoms with Crippen molar-refractivity contribution in [2.75, 3.05) is 0 Å². The van der Waals surface area contributed by atoms with E-state index in [9.17, 15) is 0 Å². The van der Waals surface area contributed by atoms with Crippen molar-refractivity contribution in [1.82, 2.24) is 4.72 Å². The average Bonchev–Trinajstić information content (AvgIpc) is 2.58. The van der Waals surface area contributed by atoms with Crippen LogP contribution in [0.5, 0.6) is 0 Å². The molecule has 1 aromatic carbocycles. The molecule has 1 aromatic rings. The normalized spacial score (nSPS) is 22.4. The maximum atomic E-state index is 4.23. The Morgan fingerprint density at radius 3 is 2.73 bits per heavy atom. The first kappa shape index (κ1) is 6.88. The van der Waals surface area contributed by atoms with Crippen LogP contribution in [-0.4, -0.2) is 5.55 Å². The summed E-state index contributed by atoms with van der Waals surface area (Å²) in [6, 6.07) is 10.2. The maximum absolute atomic E-state index is 4.23. The highest BCUT2D eigenvalue weighted by Crippen LogP contribution is 2.20. The highest BCUT2D eigenvalue weighted by molar-refractivity contribution is 8.10. The molecule has 11 heavy (non-hydrogen) atoms.